The molecule has 0 saturated carbocycles. The van der Waals surface area contributed by atoms with Crippen LogP contribution in [0, 0.1) is 12.7 Å². The van der Waals surface area contributed by atoms with E-state index in [1.165, 1.54) is 28.8 Å². The summed E-state index contributed by atoms with van der Waals surface area (Å²) in [6, 6.07) is 25.7. The highest BCUT2D eigenvalue weighted by molar-refractivity contribution is 5.29. The summed E-state index contributed by atoms with van der Waals surface area (Å²) in [4.78, 5) is 4.97. The highest BCUT2D eigenvalue weighted by atomic mass is 19.1. The molecule has 0 amide bonds. The van der Waals surface area contributed by atoms with E-state index in [0.717, 1.165) is 44.1 Å². The molecular weight excluding hydrogens is 427 g/mol. The van der Waals surface area contributed by atoms with E-state index in [1.54, 1.807) is 12.1 Å². The van der Waals surface area contributed by atoms with Crippen LogP contribution in [-0.4, -0.2) is 56.2 Å². The number of nitrogens with zero attached hydrogens (tertiary/aromatic N) is 6. The molecule has 174 valence electrons. The largest absolute Gasteiger partial charge is 0.297 e. The molecule has 0 N–H and O–H groups in total. The first-order chi connectivity index (χ1) is 16.7. The average molecular weight is 457 g/mol. The summed E-state index contributed by atoms with van der Waals surface area (Å²) in [6.07, 6.45) is 0. The van der Waals surface area contributed by atoms with Crippen LogP contribution in [0.25, 0.3) is 0 Å². The summed E-state index contributed by atoms with van der Waals surface area (Å²) >= 11 is 0. The molecule has 0 bridgehead atoms. The normalized spacial score (nSPS) is 15.9. The molecule has 1 aromatic heterocycles. The minimum absolute atomic E-state index is 0.0464. The molecule has 5 rings (SSSR count). The van der Waals surface area contributed by atoms with Crippen LogP contribution < -0.4 is 0 Å². The Balaban J connectivity index is 1.38. The monoisotopic (exact) mass is 456 g/mol. The molecule has 0 aliphatic carbocycles. The lowest BCUT2D eigenvalue weighted by molar-refractivity contribution is 0.100. The van der Waals surface area contributed by atoms with Gasteiger partial charge in [-0.15, -0.1) is 5.10 Å². The Morgan fingerprint density at radius 2 is 1.47 bits per heavy atom. The quantitative estimate of drug-likeness (QED) is 0.420. The summed E-state index contributed by atoms with van der Waals surface area (Å²) in [7, 11) is 0. The van der Waals surface area contributed by atoms with Crippen LogP contribution in [0.4, 0.5) is 4.39 Å². The summed E-state index contributed by atoms with van der Waals surface area (Å²) < 4.78 is 15.2. The fourth-order valence-electron chi connectivity index (χ4n) is 4.58. The third-order valence-corrected chi connectivity index (χ3v) is 6.46. The van der Waals surface area contributed by atoms with Gasteiger partial charge in [-0.05, 0) is 46.2 Å². The van der Waals surface area contributed by atoms with Gasteiger partial charge in [0.1, 0.15) is 5.82 Å². The van der Waals surface area contributed by atoms with E-state index in [0.29, 0.717) is 6.54 Å². The lowest BCUT2D eigenvalue weighted by Gasteiger charge is -2.39. The maximum Gasteiger partial charge on any atom is 0.173 e. The molecule has 1 fully saturated rings. The first-order valence-electron chi connectivity index (χ1n) is 11.7. The average Bonchev–Trinajstić information content (AvgIpc) is 3.31. The number of halogens is 1. The molecule has 0 spiro atoms. The first kappa shape index (κ1) is 22.4. The SMILES string of the molecule is Cc1ccc([C@@H](c2nnnn2Cc2ccc(F)cc2)N2CCN(Cc3ccccc3)CC2)cc1. The van der Waals surface area contributed by atoms with E-state index in [9.17, 15) is 4.39 Å². The second-order valence-electron chi connectivity index (χ2n) is 8.93. The lowest BCUT2D eigenvalue weighted by atomic mass is 10.0. The molecule has 0 unspecified atom stereocenters. The van der Waals surface area contributed by atoms with Gasteiger partial charge in [-0.2, -0.15) is 0 Å². The van der Waals surface area contributed by atoms with E-state index >= 15 is 0 Å². The molecule has 2 heterocycles. The van der Waals surface area contributed by atoms with Crippen molar-refractivity contribution in [3.63, 3.8) is 0 Å². The number of aromatic nitrogens is 4. The number of benzene rings is 3. The zero-order valence-corrected chi connectivity index (χ0v) is 19.4. The molecule has 7 heteroatoms. The number of aryl methyl sites for hydroxylation is 1. The number of rotatable bonds is 7. The zero-order valence-electron chi connectivity index (χ0n) is 19.4. The second-order valence-corrected chi connectivity index (χ2v) is 8.93. The Hall–Kier alpha value is -3.42. The topological polar surface area (TPSA) is 50.1 Å². The van der Waals surface area contributed by atoms with Gasteiger partial charge in [-0.25, -0.2) is 9.07 Å². The number of hydrogen-bond acceptors (Lipinski definition) is 5. The molecule has 1 saturated heterocycles. The molecule has 1 atom stereocenters. The fourth-order valence-corrected chi connectivity index (χ4v) is 4.58. The van der Waals surface area contributed by atoms with E-state index in [4.69, 9.17) is 0 Å². The smallest absolute Gasteiger partial charge is 0.173 e. The van der Waals surface area contributed by atoms with E-state index < -0.39 is 0 Å². The highest BCUT2D eigenvalue weighted by Crippen LogP contribution is 2.29. The van der Waals surface area contributed by atoms with Crippen LogP contribution in [0.2, 0.25) is 0 Å². The van der Waals surface area contributed by atoms with Crippen LogP contribution in [-0.2, 0) is 13.1 Å². The third kappa shape index (κ3) is 5.21. The van der Waals surface area contributed by atoms with Gasteiger partial charge in [0.15, 0.2) is 5.82 Å². The Labute approximate surface area is 199 Å². The van der Waals surface area contributed by atoms with Crippen LogP contribution >= 0.6 is 0 Å². The van der Waals surface area contributed by atoms with Crippen LogP contribution in [0.15, 0.2) is 78.9 Å². The summed E-state index contributed by atoms with van der Waals surface area (Å²) in [6.45, 7) is 7.38. The molecular formula is C27H29FN6. The van der Waals surface area contributed by atoms with Crippen molar-refractivity contribution in [3.8, 4) is 0 Å². The Bertz CT molecular complexity index is 1180. The zero-order chi connectivity index (χ0) is 23.3. The van der Waals surface area contributed by atoms with Crippen molar-refractivity contribution in [2.75, 3.05) is 26.2 Å². The maximum atomic E-state index is 13.4. The summed E-state index contributed by atoms with van der Waals surface area (Å²) in [5, 5.41) is 12.8. The second kappa shape index (κ2) is 10.2. The van der Waals surface area contributed by atoms with Gasteiger partial charge in [0, 0.05) is 32.7 Å². The standard InChI is InChI=1S/C27H29FN6/c1-21-7-11-24(12-8-21)26(27-29-30-31-34(27)20-23-9-13-25(28)14-10-23)33-17-15-32(16-18-33)19-22-5-3-2-4-6-22/h2-14,26H,15-20H2,1H3/t26-/m0/s1. The van der Waals surface area contributed by atoms with Crippen molar-refractivity contribution >= 4 is 0 Å². The molecule has 1 aliphatic heterocycles. The van der Waals surface area contributed by atoms with Gasteiger partial charge in [0.2, 0.25) is 0 Å². The fraction of sp³-hybridized carbons (Fsp3) is 0.296. The van der Waals surface area contributed by atoms with Crippen LogP contribution in [0.5, 0.6) is 0 Å². The minimum Gasteiger partial charge on any atom is -0.297 e. The molecule has 3 aromatic carbocycles. The molecule has 4 aromatic rings. The van der Waals surface area contributed by atoms with Crippen molar-refractivity contribution < 1.29 is 4.39 Å². The van der Waals surface area contributed by atoms with Gasteiger partial charge in [-0.1, -0.05) is 72.3 Å². The van der Waals surface area contributed by atoms with E-state index in [1.807, 2.05) is 4.68 Å². The Morgan fingerprint density at radius 3 is 2.18 bits per heavy atom. The molecule has 6 nitrogen and oxygen atoms in total. The summed E-state index contributed by atoms with van der Waals surface area (Å²) in [5.74, 6) is 0.566. The van der Waals surface area contributed by atoms with E-state index in [-0.39, 0.29) is 11.9 Å². The Kier molecular flexibility index (Phi) is 6.74. The van der Waals surface area contributed by atoms with Crippen LogP contribution in [0.3, 0.4) is 0 Å². The first-order valence-corrected chi connectivity index (χ1v) is 11.7. The van der Waals surface area contributed by atoms with Crippen molar-refractivity contribution in [2.24, 2.45) is 0 Å². The molecule has 34 heavy (non-hydrogen) atoms. The van der Waals surface area contributed by atoms with Gasteiger partial charge >= 0.3 is 0 Å². The summed E-state index contributed by atoms with van der Waals surface area (Å²) in [5.41, 5.74) is 4.71. The van der Waals surface area contributed by atoms with Gasteiger partial charge in [-0.3, -0.25) is 9.80 Å². The molecule has 1 aliphatic rings. The number of piperazine rings is 1. The van der Waals surface area contributed by atoms with E-state index in [2.05, 4.69) is 86.8 Å². The third-order valence-electron chi connectivity index (χ3n) is 6.46. The lowest BCUT2D eigenvalue weighted by Crippen LogP contribution is -2.48. The van der Waals surface area contributed by atoms with Crippen molar-refractivity contribution in [3.05, 3.63) is 113 Å². The Morgan fingerprint density at radius 1 is 0.794 bits per heavy atom. The van der Waals surface area contributed by atoms with Crippen molar-refractivity contribution in [1.29, 1.82) is 0 Å². The van der Waals surface area contributed by atoms with Gasteiger partial charge in [0.05, 0.1) is 12.6 Å². The molecule has 0 radical (unpaired) electrons. The maximum absolute atomic E-state index is 13.4. The highest BCUT2D eigenvalue weighted by Gasteiger charge is 2.30. The van der Waals surface area contributed by atoms with Crippen LogP contribution in [0.1, 0.15) is 34.1 Å². The minimum atomic E-state index is -0.244. The predicted octanol–water partition coefficient (Wildman–Crippen LogP) is 4.08. The van der Waals surface area contributed by atoms with Crippen molar-refractivity contribution in [1.82, 2.24) is 30.0 Å². The van der Waals surface area contributed by atoms with Crippen molar-refractivity contribution in [2.45, 2.75) is 26.1 Å². The number of hydrogen-bond donors (Lipinski definition) is 0. The van der Waals surface area contributed by atoms with Gasteiger partial charge < -0.3 is 0 Å². The van der Waals surface area contributed by atoms with Gasteiger partial charge in [0.25, 0.3) is 0 Å². The predicted molar refractivity (Wildman–Crippen MR) is 130 cm³/mol. The number of tetrazole rings is 1.